The molecule has 3 heterocycles. The standard InChI is InChI=1S/C34H41FN4O5/c1-3-37-32-30(33(40)38(34(37)41)19-7-21-43-29-10-4-5-20-42-29)39(22-24-12-14-25(35)15-13-24)31(36-32)28-18-17-27(16-11-23(28)2)44-26-8-6-9-26/h12-18,26,29H,3-11,19-22H2,1-2H3. The summed E-state index contributed by atoms with van der Waals surface area (Å²) in [7, 11) is 0. The maximum Gasteiger partial charge on any atom is 0.332 e. The van der Waals surface area contributed by atoms with Crippen LogP contribution in [-0.4, -0.2) is 44.3 Å². The van der Waals surface area contributed by atoms with Gasteiger partial charge in [0.15, 0.2) is 17.5 Å². The predicted molar refractivity (Wildman–Crippen MR) is 167 cm³/mol. The van der Waals surface area contributed by atoms with Gasteiger partial charge in [-0.15, -0.1) is 0 Å². The molecule has 1 saturated carbocycles. The molecule has 6 rings (SSSR count). The highest BCUT2D eigenvalue weighted by Gasteiger charge is 2.25. The van der Waals surface area contributed by atoms with Gasteiger partial charge < -0.3 is 18.8 Å². The summed E-state index contributed by atoms with van der Waals surface area (Å²) in [5, 5.41) is 0. The molecular formula is C34H41FN4O5. The van der Waals surface area contributed by atoms with Crippen molar-refractivity contribution in [3.63, 3.8) is 0 Å². The lowest BCUT2D eigenvalue weighted by Crippen LogP contribution is -2.40. The topological polar surface area (TPSA) is 89.5 Å². The van der Waals surface area contributed by atoms with Crippen molar-refractivity contribution in [1.82, 2.24) is 18.7 Å². The van der Waals surface area contributed by atoms with Crippen LogP contribution in [0.2, 0.25) is 0 Å². The zero-order valence-electron chi connectivity index (χ0n) is 25.6. The third kappa shape index (κ3) is 6.37. The summed E-state index contributed by atoms with van der Waals surface area (Å²) >= 11 is 0. The Balaban J connectivity index is 1.39. The lowest BCUT2D eigenvalue weighted by Gasteiger charge is -2.26. The summed E-state index contributed by atoms with van der Waals surface area (Å²) < 4.78 is 36.2. The Morgan fingerprint density at radius 3 is 2.55 bits per heavy atom. The van der Waals surface area contributed by atoms with Crippen molar-refractivity contribution in [1.29, 1.82) is 0 Å². The van der Waals surface area contributed by atoms with Gasteiger partial charge in [-0.1, -0.05) is 17.7 Å². The predicted octanol–water partition coefficient (Wildman–Crippen LogP) is 5.69. The molecule has 3 aliphatic rings. The number of hydrogen-bond acceptors (Lipinski definition) is 6. The fourth-order valence-corrected chi connectivity index (χ4v) is 5.96. The van der Waals surface area contributed by atoms with Crippen LogP contribution in [0.3, 0.4) is 0 Å². The van der Waals surface area contributed by atoms with Crippen molar-refractivity contribution < 1.29 is 18.6 Å². The molecule has 3 aromatic rings. The molecular weight excluding hydrogens is 563 g/mol. The van der Waals surface area contributed by atoms with Gasteiger partial charge in [-0.2, -0.15) is 0 Å². The van der Waals surface area contributed by atoms with E-state index in [0.29, 0.717) is 49.6 Å². The van der Waals surface area contributed by atoms with Crippen LogP contribution in [0.5, 0.6) is 0 Å². The Bertz CT molecular complexity index is 1700. The Kier molecular flexibility index (Phi) is 9.28. The van der Waals surface area contributed by atoms with Gasteiger partial charge in [-0.05, 0) is 101 Å². The van der Waals surface area contributed by atoms with Gasteiger partial charge in [0.25, 0.3) is 5.56 Å². The van der Waals surface area contributed by atoms with E-state index < -0.39 is 11.2 Å². The molecule has 2 aromatic heterocycles. The number of benzene rings is 1. The van der Waals surface area contributed by atoms with E-state index in [1.54, 1.807) is 16.7 Å². The van der Waals surface area contributed by atoms with Gasteiger partial charge in [0.05, 0.1) is 12.7 Å². The van der Waals surface area contributed by atoms with E-state index in [1.165, 1.54) is 23.1 Å². The van der Waals surface area contributed by atoms with Crippen LogP contribution in [0.4, 0.5) is 4.39 Å². The number of hydrogen-bond donors (Lipinski definition) is 0. The molecule has 44 heavy (non-hydrogen) atoms. The van der Waals surface area contributed by atoms with Gasteiger partial charge in [0.2, 0.25) is 0 Å². The van der Waals surface area contributed by atoms with E-state index in [0.717, 1.165) is 54.6 Å². The van der Waals surface area contributed by atoms with Crippen LogP contribution in [0, 0.1) is 5.82 Å². The van der Waals surface area contributed by atoms with Crippen molar-refractivity contribution in [2.45, 2.75) is 97.2 Å². The molecule has 234 valence electrons. The summed E-state index contributed by atoms with van der Waals surface area (Å²) in [5.74, 6) is 1.09. The molecule has 10 heteroatoms. The van der Waals surface area contributed by atoms with Gasteiger partial charge in [0, 0.05) is 31.8 Å². The minimum Gasteiger partial charge on any atom is -0.491 e. The molecule has 0 amide bonds. The average molecular weight is 605 g/mol. The van der Waals surface area contributed by atoms with Crippen molar-refractivity contribution in [3.05, 3.63) is 91.9 Å². The molecule has 1 atom stereocenters. The molecule has 2 fully saturated rings. The van der Waals surface area contributed by atoms with Gasteiger partial charge in [0.1, 0.15) is 17.4 Å². The first-order chi connectivity index (χ1) is 21.4. The van der Waals surface area contributed by atoms with E-state index in [4.69, 9.17) is 19.2 Å². The molecule has 1 aromatic carbocycles. The molecule has 0 N–H and O–H groups in total. The van der Waals surface area contributed by atoms with E-state index in [1.807, 2.05) is 30.6 Å². The zero-order chi connectivity index (χ0) is 30.6. The zero-order valence-corrected chi connectivity index (χ0v) is 25.6. The van der Waals surface area contributed by atoms with Crippen LogP contribution in [-0.2, 0) is 33.8 Å². The Hall–Kier alpha value is -3.76. The van der Waals surface area contributed by atoms with Crippen molar-refractivity contribution in [2.24, 2.45) is 0 Å². The molecule has 1 saturated heterocycles. The number of fused-ring (bicyclic) bond motifs is 1. The van der Waals surface area contributed by atoms with Gasteiger partial charge >= 0.3 is 5.69 Å². The second-order valence-corrected chi connectivity index (χ2v) is 11.8. The number of aromatic nitrogens is 4. The van der Waals surface area contributed by atoms with E-state index >= 15 is 0 Å². The van der Waals surface area contributed by atoms with Crippen molar-refractivity contribution >= 4 is 16.7 Å². The monoisotopic (exact) mass is 604 g/mol. The minimum atomic E-state index is -0.396. The minimum absolute atomic E-state index is 0.213. The molecule has 0 bridgehead atoms. The summed E-state index contributed by atoms with van der Waals surface area (Å²) in [4.78, 5) is 32.7. The number of halogens is 1. The number of ether oxygens (including phenoxy) is 3. The van der Waals surface area contributed by atoms with Crippen LogP contribution in [0.25, 0.3) is 16.7 Å². The lowest BCUT2D eigenvalue weighted by atomic mass is 9.96. The van der Waals surface area contributed by atoms with Gasteiger partial charge in [-0.3, -0.25) is 13.9 Å². The third-order valence-corrected chi connectivity index (χ3v) is 8.73. The van der Waals surface area contributed by atoms with Crippen LogP contribution >= 0.6 is 0 Å². The quantitative estimate of drug-likeness (QED) is 0.262. The number of nitrogens with zero attached hydrogens (tertiary/aromatic N) is 4. The first kappa shape index (κ1) is 30.3. The maximum atomic E-state index is 14.1. The highest BCUT2D eigenvalue weighted by molar-refractivity contribution is 5.81. The Morgan fingerprint density at radius 1 is 1.02 bits per heavy atom. The summed E-state index contributed by atoms with van der Waals surface area (Å²) in [5.41, 5.74) is 2.66. The molecule has 2 aliphatic carbocycles. The van der Waals surface area contributed by atoms with Crippen LogP contribution in [0.1, 0.15) is 76.6 Å². The normalized spacial score (nSPS) is 19.2. The van der Waals surface area contributed by atoms with E-state index in [2.05, 4.69) is 6.08 Å². The highest BCUT2D eigenvalue weighted by Crippen LogP contribution is 2.31. The SMILES string of the molecule is CCn1c(=O)n(CCCOC2CCCCO2)c(=O)c2c1nc(C1=C(C)CC=C(OC3CCC3)C=C1)n2Cc1ccc(F)cc1. The lowest BCUT2D eigenvalue weighted by molar-refractivity contribution is -0.163. The molecule has 0 spiro atoms. The summed E-state index contributed by atoms with van der Waals surface area (Å²) in [6.07, 6.45) is 13.5. The maximum absolute atomic E-state index is 14.1. The first-order valence-corrected chi connectivity index (χ1v) is 15.9. The Labute approximate surface area is 256 Å². The molecule has 9 nitrogen and oxygen atoms in total. The van der Waals surface area contributed by atoms with Crippen molar-refractivity contribution in [2.75, 3.05) is 13.2 Å². The van der Waals surface area contributed by atoms with E-state index in [-0.39, 0.29) is 31.3 Å². The molecule has 1 aliphatic heterocycles. The second kappa shape index (κ2) is 13.5. The number of allylic oxidation sites excluding steroid dienone is 5. The first-order valence-electron chi connectivity index (χ1n) is 15.9. The number of aryl methyl sites for hydroxylation is 1. The van der Waals surface area contributed by atoms with Crippen LogP contribution in [0.15, 0.2) is 63.4 Å². The van der Waals surface area contributed by atoms with Crippen LogP contribution < -0.4 is 11.2 Å². The summed E-state index contributed by atoms with van der Waals surface area (Å²) in [6, 6.07) is 6.24. The third-order valence-electron chi connectivity index (χ3n) is 8.73. The summed E-state index contributed by atoms with van der Waals surface area (Å²) in [6.45, 7) is 5.85. The molecule has 1 unspecified atom stereocenters. The number of rotatable bonds is 11. The number of imidazole rings is 1. The molecule has 0 radical (unpaired) electrons. The Morgan fingerprint density at radius 2 is 1.84 bits per heavy atom. The van der Waals surface area contributed by atoms with Gasteiger partial charge in [-0.25, -0.2) is 14.2 Å². The second-order valence-electron chi connectivity index (χ2n) is 11.8. The van der Waals surface area contributed by atoms with E-state index in [9.17, 15) is 14.0 Å². The average Bonchev–Trinajstić information content (AvgIpc) is 3.26. The van der Waals surface area contributed by atoms with Crippen molar-refractivity contribution in [3.8, 4) is 0 Å². The largest absolute Gasteiger partial charge is 0.491 e. The highest BCUT2D eigenvalue weighted by atomic mass is 19.1. The fraction of sp³-hybridized carbons (Fsp3) is 0.500. The smallest absolute Gasteiger partial charge is 0.332 e. The fourth-order valence-electron chi connectivity index (χ4n) is 5.96.